The third-order valence-electron chi connectivity index (χ3n) is 5.19. The second kappa shape index (κ2) is 9.72. The topological polar surface area (TPSA) is 60.8 Å². The molecule has 160 valence electrons. The predicted molar refractivity (Wildman–Crippen MR) is 123 cm³/mol. The highest BCUT2D eigenvalue weighted by molar-refractivity contribution is 7.80. The van der Waals surface area contributed by atoms with Gasteiger partial charge in [0.05, 0.1) is 6.26 Å². The molecule has 0 unspecified atom stereocenters. The molecule has 1 fully saturated rings. The molecule has 1 saturated heterocycles. The number of halogens is 1. The van der Waals surface area contributed by atoms with E-state index in [1.807, 2.05) is 36.4 Å². The van der Waals surface area contributed by atoms with Gasteiger partial charge in [0, 0.05) is 49.7 Å². The highest BCUT2D eigenvalue weighted by Crippen LogP contribution is 2.20. The first-order valence-corrected chi connectivity index (χ1v) is 10.5. The molecule has 1 aliphatic rings. The number of carbonyl (C=O) groups is 1. The molecule has 2 aromatic carbocycles. The summed E-state index contributed by atoms with van der Waals surface area (Å²) >= 11 is 5.19. The Balaban J connectivity index is 1.26. The van der Waals surface area contributed by atoms with Crippen molar-refractivity contribution in [3.8, 4) is 0 Å². The molecule has 0 spiro atoms. The lowest BCUT2D eigenvalue weighted by Gasteiger charge is -2.36. The lowest BCUT2D eigenvalue weighted by atomic mass is 10.1. The first kappa shape index (κ1) is 21.0. The minimum absolute atomic E-state index is 0.147. The number of amides is 1. The molecule has 0 atom stereocenters. The summed E-state index contributed by atoms with van der Waals surface area (Å²) in [7, 11) is 0. The third kappa shape index (κ3) is 5.48. The summed E-state index contributed by atoms with van der Waals surface area (Å²) in [4.78, 5) is 16.5. The van der Waals surface area contributed by atoms with E-state index in [0.717, 1.165) is 43.1 Å². The van der Waals surface area contributed by atoms with E-state index < -0.39 is 5.91 Å². The second-order valence-electron chi connectivity index (χ2n) is 7.29. The molecule has 0 radical (unpaired) electrons. The van der Waals surface area contributed by atoms with Crippen LogP contribution in [0.15, 0.2) is 71.3 Å². The van der Waals surface area contributed by atoms with Crippen LogP contribution in [0, 0.1) is 5.82 Å². The van der Waals surface area contributed by atoms with Gasteiger partial charge in [0.1, 0.15) is 5.82 Å². The highest BCUT2D eigenvalue weighted by atomic mass is 32.1. The molecule has 2 N–H and O–H groups in total. The minimum atomic E-state index is -0.396. The summed E-state index contributed by atoms with van der Waals surface area (Å²) in [6.45, 7) is 4.12. The SMILES string of the molecule is O=C(NC(=S)Nc1ccc(N2CCN(Cc3ccccc3F)CC2)cc1)c1ccco1. The van der Waals surface area contributed by atoms with Gasteiger partial charge in [-0.15, -0.1) is 0 Å². The lowest BCUT2D eigenvalue weighted by Crippen LogP contribution is -2.46. The maximum atomic E-state index is 13.9. The van der Waals surface area contributed by atoms with Crippen LogP contribution in [0.5, 0.6) is 0 Å². The van der Waals surface area contributed by atoms with Gasteiger partial charge in [0.15, 0.2) is 10.9 Å². The molecule has 0 saturated carbocycles. The molecule has 4 rings (SSSR count). The van der Waals surface area contributed by atoms with E-state index in [1.54, 1.807) is 18.2 Å². The predicted octanol–water partition coefficient (Wildman–Crippen LogP) is 3.87. The van der Waals surface area contributed by atoms with Crippen molar-refractivity contribution in [2.45, 2.75) is 6.54 Å². The summed E-state index contributed by atoms with van der Waals surface area (Å²) in [6, 6.07) is 18.0. The first-order chi connectivity index (χ1) is 15.1. The number of benzene rings is 2. The number of carbonyl (C=O) groups excluding carboxylic acids is 1. The standard InChI is InChI=1S/C23H23FN4O2S/c24-20-5-2-1-4-17(20)16-27-11-13-28(14-12-27)19-9-7-18(8-10-19)25-23(31)26-22(29)21-6-3-15-30-21/h1-10,15H,11-14,16H2,(H2,25,26,29,31). The smallest absolute Gasteiger partial charge is 0.293 e. The van der Waals surface area contributed by atoms with Crippen molar-refractivity contribution in [3.05, 3.63) is 84.1 Å². The van der Waals surface area contributed by atoms with Crippen LogP contribution in [-0.4, -0.2) is 42.1 Å². The maximum Gasteiger partial charge on any atom is 0.293 e. The van der Waals surface area contributed by atoms with E-state index in [2.05, 4.69) is 20.4 Å². The van der Waals surface area contributed by atoms with Gasteiger partial charge in [-0.1, -0.05) is 18.2 Å². The van der Waals surface area contributed by atoms with Gasteiger partial charge in [0.2, 0.25) is 0 Å². The minimum Gasteiger partial charge on any atom is -0.459 e. The van der Waals surface area contributed by atoms with Gasteiger partial charge in [-0.25, -0.2) is 4.39 Å². The van der Waals surface area contributed by atoms with Gasteiger partial charge >= 0.3 is 0 Å². The molecule has 6 nitrogen and oxygen atoms in total. The van der Waals surface area contributed by atoms with Crippen molar-refractivity contribution in [2.24, 2.45) is 0 Å². The number of nitrogens with zero attached hydrogens (tertiary/aromatic N) is 2. The summed E-state index contributed by atoms with van der Waals surface area (Å²) < 4.78 is 18.9. The average molecular weight is 439 g/mol. The van der Waals surface area contributed by atoms with Crippen LogP contribution in [0.4, 0.5) is 15.8 Å². The molecule has 1 aliphatic heterocycles. The number of nitrogens with one attached hydrogen (secondary N) is 2. The Labute approximate surface area is 185 Å². The Morgan fingerprint density at radius 3 is 2.42 bits per heavy atom. The maximum absolute atomic E-state index is 13.9. The molecule has 8 heteroatoms. The van der Waals surface area contributed by atoms with Crippen LogP contribution in [0.25, 0.3) is 0 Å². The van der Waals surface area contributed by atoms with E-state index in [-0.39, 0.29) is 16.7 Å². The number of furan rings is 1. The second-order valence-corrected chi connectivity index (χ2v) is 7.70. The van der Waals surface area contributed by atoms with E-state index in [9.17, 15) is 9.18 Å². The summed E-state index contributed by atoms with van der Waals surface area (Å²) in [5, 5.41) is 5.79. The van der Waals surface area contributed by atoms with Crippen LogP contribution >= 0.6 is 12.2 Å². The zero-order valence-electron chi connectivity index (χ0n) is 16.9. The normalized spacial score (nSPS) is 14.3. The highest BCUT2D eigenvalue weighted by Gasteiger charge is 2.18. The molecule has 0 aliphatic carbocycles. The van der Waals surface area contributed by atoms with Gasteiger partial charge in [-0.3, -0.25) is 15.0 Å². The van der Waals surface area contributed by atoms with Crippen LogP contribution in [0.3, 0.4) is 0 Å². The molecular weight excluding hydrogens is 415 g/mol. The number of hydrogen-bond acceptors (Lipinski definition) is 5. The molecule has 0 bridgehead atoms. The van der Waals surface area contributed by atoms with Crippen LogP contribution in [0.2, 0.25) is 0 Å². The lowest BCUT2D eigenvalue weighted by molar-refractivity contribution is 0.0950. The Morgan fingerprint density at radius 2 is 1.74 bits per heavy atom. The average Bonchev–Trinajstić information content (AvgIpc) is 3.32. The van der Waals surface area contributed by atoms with Crippen LogP contribution in [-0.2, 0) is 6.54 Å². The summed E-state index contributed by atoms with van der Waals surface area (Å²) in [5.74, 6) is -0.340. The summed E-state index contributed by atoms with van der Waals surface area (Å²) in [6.07, 6.45) is 1.43. The van der Waals surface area contributed by atoms with Crippen LogP contribution < -0.4 is 15.5 Å². The number of rotatable bonds is 5. The monoisotopic (exact) mass is 438 g/mol. The van der Waals surface area contributed by atoms with E-state index >= 15 is 0 Å². The van der Waals surface area contributed by atoms with Crippen molar-refractivity contribution in [1.82, 2.24) is 10.2 Å². The van der Waals surface area contributed by atoms with E-state index in [4.69, 9.17) is 16.6 Å². The van der Waals surface area contributed by atoms with Gasteiger partial charge < -0.3 is 14.6 Å². The fourth-order valence-corrected chi connectivity index (χ4v) is 3.73. The molecule has 3 aromatic rings. The van der Waals surface area contributed by atoms with E-state index in [0.29, 0.717) is 6.54 Å². The van der Waals surface area contributed by atoms with E-state index in [1.165, 1.54) is 12.3 Å². The van der Waals surface area contributed by atoms with Crippen molar-refractivity contribution in [3.63, 3.8) is 0 Å². The fraction of sp³-hybridized carbons (Fsp3) is 0.217. The quantitative estimate of drug-likeness (QED) is 0.590. The Hall–Kier alpha value is -3.23. The molecule has 31 heavy (non-hydrogen) atoms. The van der Waals surface area contributed by atoms with Crippen molar-refractivity contribution < 1.29 is 13.6 Å². The van der Waals surface area contributed by atoms with Gasteiger partial charge in [0.25, 0.3) is 5.91 Å². The van der Waals surface area contributed by atoms with Gasteiger partial charge in [-0.2, -0.15) is 0 Å². The van der Waals surface area contributed by atoms with Gasteiger partial charge in [-0.05, 0) is 54.7 Å². The third-order valence-corrected chi connectivity index (χ3v) is 5.39. The Kier molecular flexibility index (Phi) is 6.59. The number of hydrogen-bond donors (Lipinski definition) is 2. The first-order valence-electron chi connectivity index (χ1n) is 10.0. The van der Waals surface area contributed by atoms with Crippen LogP contribution in [0.1, 0.15) is 16.1 Å². The summed E-state index contributed by atoms with van der Waals surface area (Å²) in [5.41, 5.74) is 2.63. The number of anilines is 2. The Morgan fingerprint density at radius 1 is 1.00 bits per heavy atom. The molecule has 1 amide bonds. The van der Waals surface area contributed by atoms with Crippen molar-refractivity contribution >= 4 is 34.6 Å². The van der Waals surface area contributed by atoms with Crippen molar-refractivity contribution in [1.29, 1.82) is 0 Å². The largest absolute Gasteiger partial charge is 0.459 e. The molecular formula is C23H23FN4O2S. The fourth-order valence-electron chi connectivity index (χ4n) is 3.52. The van der Waals surface area contributed by atoms with Crippen molar-refractivity contribution in [2.75, 3.05) is 36.4 Å². The zero-order valence-corrected chi connectivity index (χ0v) is 17.7. The molecule has 1 aromatic heterocycles. The number of thiocarbonyl (C=S) groups is 1. The Bertz CT molecular complexity index is 1030. The zero-order chi connectivity index (χ0) is 21.6. The molecule has 2 heterocycles. The number of piperazine rings is 1.